The predicted molar refractivity (Wildman–Crippen MR) is 111 cm³/mol. The van der Waals surface area contributed by atoms with Crippen molar-refractivity contribution in [2.75, 3.05) is 19.7 Å². The third-order valence-electron chi connectivity index (χ3n) is 4.11. The van der Waals surface area contributed by atoms with E-state index in [2.05, 4.69) is 0 Å². The minimum atomic E-state index is -4.02. The lowest BCUT2D eigenvalue weighted by Gasteiger charge is -2.28. The number of rotatable bonds is 9. The Morgan fingerprint density at radius 3 is 1.76 bits per heavy atom. The van der Waals surface area contributed by atoms with Gasteiger partial charge in [0.1, 0.15) is 0 Å². The standard InChI is InChI=1S/C20H27NO6S2/c1-16-5-9-18(10-6-16)28(23,24)21(15-20(3,4)22)13-14-27-29(25,26)19-11-7-17(2)8-12-19/h5-12,22H,13-15H2,1-4H3. The zero-order chi connectivity index (χ0) is 21.9. The maximum absolute atomic E-state index is 13.0. The maximum atomic E-state index is 13.0. The quantitative estimate of drug-likeness (QED) is 0.600. The molecule has 0 aliphatic heterocycles. The van der Waals surface area contributed by atoms with Crippen LogP contribution in [0.25, 0.3) is 0 Å². The normalized spacial score (nSPS) is 13.0. The van der Waals surface area contributed by atoms with Gasteiger partial charge in [-0.1, -0.05) is 35.4 Å². The lowest BCUT2D eigenvalue weighted by molar-refractivity contribution is 0.0568. The van der Waals surface area contributed by atoms with Gasteiger partial charge in [0.15, 0.2) is 0 Å². The summed E-state index contributed by atoms with van der Waals surface area (Å²) in [6, 6.07) is 12.5. The van der Waals surface area contributed by atoms with E-state index in [0.29, 0.717) is 0 Å². The van der Waals surface area contributed by atoms with Gasteiger partial charge in [-0.3, -0.25) is 4.18 Å². The van der Waals surface area contributed by atoms with E-state index in [9.17, 15) is 21.9 Å². The molecule has 0 atom stereocenters. The van der Waals surface area contributed by atoms with Gasteiger partial charge in [-0.05, 0) is 52.0 Å². The lowest BCUT2D eigenvalue weighted by atomic mass is 10.1. The molecule has 9 heteroatoms. The molecule has 0 radical (unpaired) electrons. The number of aliphatic hydroxyl groups is 1. The number of benzene rings is 2. The van der Waals surface area contributed by atoms with Gasteiger partial charge >= 0.3 is 0 Å². The van der Waals surface area contributed by atoms with Gasteiger partial charge in [-0.25, -0.2) is 8.42 Å². The summed E-state index contributed by atoms with van der Waals surface area (Å²) in [6.45, 7) is 5.82. The van der Waals surface area contributed by atoms with Crippen LogP contribution in [0.1, 0.15) is 25.0 Å². The second-order valence-corrected chi connectivity index (χ2v) is 11.1. The third-order valence-corrected chi connectivity index (χ3v) is 7.30. The van der Waals surface area contributed by atoms with Crippen molar-refractivity contribution in [1.29, 1.82) is 0 Å². The minimum Gasteiger partial charge on any atom is -0.389 e. The van der Waals surface area contributed by atoms with Crippen LogP contribution in [0.3, 0.4) is 0 Å². The van der Waals surface area contributed by atoms with Crippen LogP contribution in [0.2, 0.25) is 0 Å². The van der Waals surface area contributed by atoms with E-state index in [4.69, 9.17) is 4.18 Å². The fraction of sp³-hybridized carbons (Fsp3) is 0.400. The monoisotopic (exact) mass is 441 g/mol. The lowest BCUT2D eigenvalue weighted by Crippen LogP contribution is -2.43. The van der Waals surface area contributed by atoms with Gasteiger partial charge < -0.3 is 5.11 Å². The number of sulfonamides is 1. The van der Waals surface area contributed by atoms with Gasteiger partial charge in [0.2, 0.25) is 10.0 Å². The molecule has 0 aromatic heterocycles. The highest BCUT2D eigenvalue weighted by molar-refractivity contribution is 7.89. The first-order chi connectivity index (χ1) is 13.3. The van der Waals surface area contributed by atoms with Crippen LogP contribution in [-0.2, 0) is 24.3 Å². The summed E-state index contributed by atoms with van der Waals surface area (Å²) in [5, 5.41) is 10.1. The van der Waals surface area contributed by atoms with E-state index in [1.165, 1.54) is 38.1 Å². The first-order valence-corrected chi connectivity index (χ1v) is 11.9. The number of aryl methyl sites for hydroxylation is 2. The van der Waals surface area contributed by atoms with Gasteiger partial charge in [0.25, 0.3) is 10.1 Å². The van der Waals surface area contributed by atoms with Crippen molar-refractivity contribution in [3.05, 3.63) is 59.7 Å². The highest BCUT2D eigenvalue weighted by Gasteiger charge is 2.30. The summed E-state index contributed by atoms with van der Waals surface area (Å²) >= 11 is 0. The average molecular weight is 442 g/mol. The average Bonchev–Trinajstić information content (AvgIpc) is 2.60. The highest BCUT2D eigenvalue weighted by atomic mass is 32.2. The van der Waals surface area contributed by atoms with Crippen molar-refractivity contribution in [2.45, 2.75) is 43.1 Å². The molecule has 2 aromatic carbocycles. The Labute approximate surface area is 173 Å². The molecule has 1 N–H and O–H groups in total. The molecule has 0 saturated heterocycles. The molecule has 0 aliphatic carbocycles. The largest absolute Gasteiger partial charge is 0.389 e. The molecule has 0 bridgehead atoms. The van der Waals surface area contributed by atoms with E-state index in [1.54, 1.807) is 24.3 Å². The van der Waals surface area contributed by atoms with Crippen LogP contribution >= 0.6 is 0 Å². The molecule has 0 spiro atoms. The Bertz CT molecular complexity index is 1020. The Hall–Kier alpha value is -1.78. The van der Waals surface area contributed by atoms with Crippen LogP contribution in [0.5, 0.6) is 0 Å². The summed E-state index contributed by atoms with van der Waals surface area (Å²) in [6.07, 6.45) is 0. The zero-order valence-corrected chi connectivity index (χ0v) is 18.6. The topological polar surface area (TPSA) is 101 Å². The van der Waals surface area contributed by atoms with Crippen molar-refractivity contribution in [3.63, 3.8) is 0 Å². The zero-order valence-electron chi connectivity index (χ0n) is 17.0. The first-order valence-electron chi connectivity index (χ1n) is 9.07. The minimum absolute atomic E-state index is 0.00136. The fourth-order valence-corrected chi connectivity index (χ4v) is 5.08. The molecule has 0 heterocycles. The van der Waals surface area contributed by atoms with Gasteiger partial charge in [0, 0.05) is 13.1 Å². The Morgan fingerprint density at radius 1 is 0.862 bits per heavy atom. The molecule has 0 saturated carbocycles. The van der Waals surface area contributed by atoms with E-state index >= 15 is 0 Å². The summed E-state index contributed by atoms with van der Waals surface area (Å²) < 4.78 is 56.7. The van der Waals surface area contributed by atoms with E-state index < -0.39 is 25.7 Å². The van der Waals surface area contributed by atoms with E-state index in [0.717, 1.165) is 15.4 Å². The summed E-state index contributed by atoms with van der Waals surface area (Å²) in [4.78, 5) is 0.0623. The van der Waals surface area contributed by atoms with Gasteiger partial charge in [-0.15, -0.1) is 0 Å². The molecule has 2 rings (SSSR count). The Balaban J connectivity index is 2.18. The molecule has 2 aromatic rings. The number of nitrogens with zero attached hydrogens (tertiary/aromatic N) is 1. The summed E-state index contributed by atoms with van der Waals surface area (Å²) in [5.41, 5.74) is 0.503. The Morgan fingerprint density at radius 2 is 1.31 bits per heavy atom. The number of hydrogen-bond acceptors (Lipinski definition) is 6. The molecular formula is C20H27NO6S2. The van der Waals surface area contributed by atoms with Crippen LogP contribution in [0.4, 0.5) is 0 Å². The predicted octanol–water partition coefficient (Wildman–Crippen LogP) is 2.47. The maximum Gasteiger partial charge on any atom is 0.297 e. The van der Waals surface area contributed by atoms with Crippen molar-refractivity contribution < 1.29 is 26.1 Å². The molecular weight excluding hydrogens is 414 g/mol. The molecule has 0 aliphatic rings. The fourth-order valence-electron chi connectivity index (χ4n) is 2.60. The summed E-state index contributed by atoms with van der Waals surface area (Å²) in [5.74, 6) is 0. The molecule has 0 unspecified atom stereocenters. The van der Waals surface area contributed by atoms with Crippen molar-refractivity contribution in [2.24, 2.45) is 0 Å². The van der Waals surface area contributed by atoms with Crippen LogP contribution < -0.4 is 0 Å². The molecule has 7 nitrogen and oxygen atoms in total. The van der Waals surface area contributed by atoms with Crippen LogP contribution in [0, 0.1) is 13.8 Å². The van der Waals surface area contributed by atoms with E-state index in [-0.39, 0.29) is 29.5 Å². The number of hydrogen-bond donors (Lipinski definition) is 1. The van der Waals surface area contributed by atoms with Crippen molar-refractivity contribution in [3.8, 4) is 0 Å². The molecule has 160 valence electrons. The van der Waals surface area contributed by atoms with Gasteiger partial charge in [0.05, 0.1) is 22.0 Å². The smallest absolute Gasteiger partial charge is 0.297 e. The summed E-state index contributed by atoms with van der Waals surface area (Å²) in [7, 11) is -7.96. The second kappa shape index (κ2) is 8.93. The molecule has 0 fully saturated rings. The SMILES string of the molecule is Cc1ccc(S(=O)(=O)OCCN(CC(C)(C)O)S(=O)(=O)c2ccc(C)cc2)cc1. The third kappa shape index (κ3) is 6.61. The van der Waals surface area contributed by atoms with Crippen LogP contribution in [0.15, 0.2) is 58.3 Å². The molecule has 29 heavy (non-hydrogen) atoms. The van der Waals surface area contributed by atoms with Crippen molar-refractivity contribution in [1.82, 2.24) is 4.31 Å². The van der Waals surface area contributed by atoms with Gasteiger partial charge in [-0.2, -0.15) is 12.7 Å². The Kier molecular flexibility index (Phi) is 7.23. The second-order valence-electron chi connectivity index (χ2n) is 7.55. The van der Waals surface area contributed by atoms with Crippen LogP contribution in [-0.4, -0.2) is 51.5 Å². The van der Waals surface area contributed by atoms with Crippen molar-refractivity contribution >= 4 is 20.1 Å². The highest BCUT2D eigenvalue weighted by Crippen LogP contribution is 2.20. The first kappa shape index (κ1) is 23.5. The van der Waals surface area contributed by atoms with E-state index in [1.807, 2.05) is 13.8 Å². The molecule has 0 amide bonds.